The maximum Gasteiger partial charge on any atom is 0.210 e. The van der Waals surface area contributed by atoms with Gasteiger partial charge in [0.05, 0.1) is 6.04 Å². The van der Waals surface area contributed by atoms with Crippen LogP contribution in [0.3, 0.4) is 0 Å². The molecule has 1 fully saturated rings. The summed E-state index contributed by atoms with van der Waals surface area (Å²) in [7, 11) is 2.00. The normalized spacial score (nSPS) is 27.2. The van der Waals surface area contributed by atoms with E-state index in [0.29, 0.717) is 6.54 Å². The molecule has 0 aliphatic carbocycles. The molecule has 0 radical (unpaired) electrons. The van der Waals surface area contributed by atoms with E-state index in [9.17, 15) is 4.79 Å². The van der Waals surface area contributed by atoms with Crippen LogP contribution in [-0.2, 0) is 4.79 Å². The van der Waals surface area contributed by atoms with Gasteiger partial charge in [0.1, 0.15) is 1.37 Å². The lowest BCUT2D eigenvalue weighted by Gasteiger charge is -2.44. The minimum absolute atomic E-state index is 0.0637. The Balaban J connectivity index is 2.79. The van der Waals surface area contributed by atoms with E-state index in [1.807, 2.05) is 20.9 Å². The van der Waals surface area contributed by atoms with Crippen LogP contribution in [0.5, 0.6) is 0 Å². The summed E-state index contributed by atoms with van der Waals surface area (Å²) in [6, 6.07) is -0.0637. The Morgan fingerprint density at radius 2 is 2.23 bits per heavy atom. The molecule has 1 rings (SSSR count). The summed E-state index contributed by atoms with van der Waals surface area (Å²) in [5, 5.41) is 0. The minimum Gasteiger partial charge on any atom is -0.338 e. The van der Waals surface area contributed by atoms with Crippen LogP contribution in [-0.4, -0.2) is 54.4 Å². The van der Waals surface area contributed by atoms with Crippen molar-refractivity contribution in [2.24, 2.45) is 5.73 Å². The lowest BCUT2D eigenvalue weighted by atomic mass is 9.93. The summed E-state index contributed by atoms with van der Waals surface area (Å²) in [6.07, 6.45) is -0.623. The van der Waals surface area contributed by atoms with Crippen molar-refractivity contribution in [2.45, 2.75) is 25.4 Å². The maximum absolute atomic E-state index is 11.1. The first-order valence-electron chi connectivity index (χ1n) is 5.07. The van der Waals surface area contributed by atoms with Gasteiger partial charge in [-0.2, -0.15) is 0 Å². The number of hydrogen-bond acceptors (Lipinski definition) is 3. The van der Waals surface area contributed by atoms with Gasteiger partial charge in [0, 0.05) is 25.2 Å². The van der Waals surface area contributed by atoms with E-state index in [1.54, 1.807) is 4.90 Å². The van der Waals surface area contributed by atoms with Gasteiger partial charge in [-0.15, -0.1) is 0 Å². The van der Waals surface area contributed by atoms with Crippen molar-refractivity contribution in [1.82, 2.24) is 9.80 Å². The predicted octanol–water partition coefficient (Wildman–Crippen LogP) is -0.504. The average molecular weight is 186 g/mol. The summed E-state index contributed by atoms with van der Waals surface area (Å²) < 4.78 is 7.16. The van der Waals surface area contributed by atoms with E-state index < -0.39 is 11.9 Å². The molecule has 2 N–H and O–H groups in total. The lowest BCUT2D eigenvalue weighted by Crippen LogP contribution is -2.62. The van der Waals surface area contributed by atoms with Crippen molar-refractivity contribution < 1.29 is 6.17 Å². The quantitative estimate of drug-likeness (QED) is 0.561. The van der Waals surface area contributed by atoms with Crippen LogP contribution in [0.2, 0.25) is 0 Å². The number of likely N-dealkylation sites (N-methyl/N-ethyl adjacent to an activating group) is 1. The van der Waals surface area contributed by atoms with E-state index in [0.717, 1.165) is 13.1 Å². The molecule has 0 aromatic rings. The Labute approximate surface area is 81.1 Å². The Hall–Kier alpha value is -0.610. The Morgan fingerprint density at radius 3 is 2.69 bits per heavy atom. The third-order valence-electron chi connectivity index (χ3n) is 2.56. The second-order valence-corrected chi connectivity index (χ2v) is 4.38. The molecule has 1 heterocycles. The lowest BCUT2D eigenvalue weighted by molar-refractivity contribution is -0.124. The zero-order valence-corrected chi connectivity index (χ0v) is 8.58. The van der Waals surface area contributed by atoms with Crippen molar-refractivity contribution in [3.63, 3.8) is 0 Å². The van der Waals surface area contributed by atoms with Crippen molar-refractivity contribution in [1.29, 1.82) is 0 Å². The molecule has 0 spiro atoms. The number of piperazine rings is 1. The SMILES string of the molecule is [2H]C(=O)N1CCN(C)CC1C(C)(C)N. The number of nitrogens with two attached hydrogens (primary N) is 1. The van der Waals surface area contributed by atoms with Crippen molar-refractivity contribution >= 4 is 6.39 Å². The summed E-state index contributed by atoms with van der Waals surface area (Å²) in [6.45, 7) is 5.95. The third kappa shape index (κ3) is 2.42. The Morgan fingerprint density at radius 1 is 1.62 bits per heavy atom. The number of hydrogen-bond donors (Lipinski definition) is 1. The zero-order valence-electron chi connectivity index (χ0n) is 9.58. The highest BCUT2D eigenvalue weighted by Crippen LogP contribution is 2.16. The second kappa shape index (κ2) is 3.64. The van der Waals surface area contributed by atoms with Crippen LogP contribution in [0, 0.1) is 0 Å². The number of rotatable bonds is 1. The van der Waals surface area contributed by atoms with E-state index in [1.165, 1.54) is 0 Å². The zero-order chi connectivity index (χ0) is 10.9. The molecule has 1 unspecified atom stereocenters. The number of carbonyl (C=O) groups excluding carboxylic acids is 1. The standard InChI is InChI=1S/C9H19N3O/c1-9(2,10)8-6-11(3)4-5-12(8)7-13/h7-8H,4-6,10H2,1-3H3/i7D. The molecule has 4 heteroatoms. The molecule has 0 aromatic carbocycles. The molecule has 1 amide bonds. The fourth-order valence-corrected chi connectivity index (χ4v) is 1.67. The largest absolute Gasteiger partial charge is 0.338 e. The predicted molar refractivity (Wildman–Crippen MR) is 52.3 cm³/mol. The van der Waals surface area contributed by atoms with Crippen LogP contribution in [0.25, 0.3) is 0 Å². The molecule has 76 valence electrons. The fraction of sp³-hybridized carbons (Fsp3) is 0.889. The van der Waals surface area contributed by atoms with Crippen LogP contribution >= 0.6 is 0 Å². The van der Waals surface area contributed by atoms with Gasteiger partial charge in [-0.05, 0) is 20.9 Å². The van der Waals surface area contributed by atoms with E-state index in [4.69, 9.17) is 7.10 Å². The van der Waals surface area contributed by atoms with Gasteiger partial charge in [0.15, 0.2) is 0 Å². The second-order valence-electron chi connectivity index (χ2n) is 4.38. The molecular formula is C9H19N3O. The van der Waals surface area contributed by atoms with Crippen LogP contribution < -0.4 is 5.73 Å². The van der Waals surface area contributed by atoms with Gasteiger partial charge in [-0.1, -0.05) is 0 Å². The molecule has 1 aliphatic rings. The van der Waals surface area contributed by atoms with Gasteiger partial charge in [0.25, 0.3) is 0 Å². The van der Waals surface area contributed by atoms with Gasteiger partial charge >= 0.3 is 0 Å². The molecule has 0 bridgehead atoms. The Kier molecular flexibility index (Phi) is 2.51. The fourth-order valence-electron chi connectivity index (χ4n) is 1.67. The highest BCUT2D eigenvalue weighted by atomic mass is 16.1. The number of nitrogens with zero attached hydrogens (tertiary/aromatic N) is 2. The monoisotopic (exact) mass is 186 g/mol. The van der Waals surface area contributed by atoms with Gasteiger partial charge in [-0.25, -0.2) is 0 Å². The molecular weight excluding hydrogens is 166 g/mol. The summed E-state index contributed by atoms with van der Waals surface area (Å²) in [5.41, 5.74) is 5.54. The number of carbonyl (C=O) groups is 1. The molecule has 4 nitrogen and oxygen atoms in total. The van der Waals surface area contributed by atoms with Gasteiger partial charge < -0.3 is 15.5 Å². The minimum atomic E-state index is -0.623. The highest BCUT2D eigenvalue weighted by molar-refractivity contribution is 5.48. The first-order valence-corrected chi connectivity index (χ1v) is 4.57. The van der Waals surface area contributed by atoms with Crippen LogP contribution in [0.1, 0.15) is 15.2 Å². The summed E-state index contributed by atoms with van der Waals surface area (Å²) in [5.74, 6) is 0. The summed E-state index contributed by atoms with van der Waals surface area (Å²) in [4.78, 5) is 14.8. The topological polar surface area (TPSA) is 49.6 Å². The molecule has 0 saturated carbocycles. The molecule has 13 heavy (non-hydrogen) atoms. The first-order chi connectivity index (χ1) is 6.32. The average Bonchev–Trinajstić information content (AvgIpc) is 2.01. The molecule has 1 atom stereocenters. The van der Waals surface area contributed by atoms with E-state index in [-0.39, 0.29) is 6.04 Å². The number of amides is 1. The van der Waals surface area contributed by atoms with Gasteiger partial charge in [0.2, 0.25) is 6.39 Å². The van der Waals surface area contributed by atoms with Crippen molar-refractivity contribution in [2.75, 3.05) is 26.7 Å². The van der Waals surface area contributed by atoms with Gasteiger partial charge in [-0.3, -0.25) is 4.79 Å². The first kappa shape index (κ1) is 8.97. The molecule has 0 aromatic heterocycles. The maximum atomic E-state index is 11.1. The van der Waals surface area contributed by atoms with Crippen LogP contribution in [0.4, 0.5) is 0 Å². The van der Waals surface area contributed by atoms with Crippen molar-refractivity contribution in [3.05, 3.63) is 0 Å². The van der Waals surface area contributed by atoms with Crippen molar-refractivity contribution in [3.8, 4) is 0 Å². The third-order valence-corrected chi connectivity index (χ3v) is 2.56. The smallest absolute Gasteiger partial charge is 0.210 e. The Bertz CT molecular complexity index is 227. The highest BCUT2D eigenvalue weighted by Gasteiger charge is 2.33. The van der Waals surface area contributed by atoms with E-state index in [2.05, 4.69) is 4.90 Å². The molecule has 1 aliphatic heterocycles. The van der Waals surface area contributed by atoms with E-state index >= 15 is 0 Å². The molecule has 1 saturated heterocycles. The summed E-state index contributed by atoms with van der Waals surface area (Å²) >= 11 is 0. The van der Waals surface area contributed by atoms with Crippen LogP contribution in [0.15, 0.2) is 0 Å².